The van der Waals surface area contributed by atoms with E-state index in [9.17, 15) is 4.79 Å². The summed E-state index contributed by atoms with van der Waals surface area (Å²) in [6.07, 6.45) is -0.491. The Hall–Kier alpha value is -1.55. The topological polar surface area (TPSA) is 44.1 Å². The van der Waals surface area contributed by atoms with E-state index in [0.29, 0.717) is 11.2 Å². The maximum Gasteiger partial charge on any atom is 0.435 e. The molecule has 2 rings (SSSR count). The molecule has 1 aromatic heterocycles. The second-order valence-electron chi connectivity index (χ2n) is 4.99. The van der Waals surface area contributed by atoms with Crippen molar-refractivity contribution in [1.29, 1.82) is 0 Å². The fourth-order valence-electron chi connectivity index (χ4n) is 1.67. The molecular formula is C13H15ClN2O2. The van der Waals surface area contributed by atoms with E-state index in [1.165, 1.54) is 4.68 Å². The van der Waals surface area contributed by atoms with Crippen molar-refractivity contribution in [3.63, 3.8) is 0 Å². The first-order chi connectivity index (χ1) is 8.42. The van der Waals surface area contributed by atoms with E-state index in [-0.39, 0.29) is 5.88 Å². The fraction of sp³-hybridized carbons (Fsp3) is 0.385. The Balaban J connectivity index is 2.48. The lowest BCUT2D eigenvalue weighted by Crippen LogP contribution is -2.27. The molecule has 0 bridgehead atoms. The van der Waals surface area contributed by atoms with Gasteiger partial charge in [0.15, 0.2) is 0 Å². The number of alkyl halides is 1. The molecule has 0 spiro atoms. The number of carbonyl (C=O) groups is 1. The number of ether oxygens (including phenoxy) is 1. The summed E-state index contributed by atoms with van der Waals surface area (Å²) in [6, 6.07) is 7.45. The first-order valence-corrected chi connectivity index (χ1v) is 6.22. The van der Waals surface area contributed by atoms with E-state index < -0.39 is 11.7 Å². The molecule has 1 heterocycles. The van der Waals surface area contributed by atoms with Crippen LogP contribution in [0.4, 0.5) is 4.79 Å². The van der Waals surface area contributed by atoms with Crippen molar-refractivity contribution < 1.29 is 9.53 Å². The van der Waals surface area contributed by atoms with E-state index in [0.717, 1.165) is 5.39 Å². The molecule has 0 unspecified atom stereocenters. The summed E-state index contributed by atoms with van der Waals surface area (Å²) in [4.78, 5) is 12.0. The van der Waals surface area contributed by atoms with Gasteiger partial charge in [0.2, 0.25) is 0 Å². The van der Waals surface area contributed by atoms with Gasteiger partial charge >= 0.3 is 6.09 Å². The summed E-state index contributed by atoms with van der Waals surface area (Å²) >= 11 is 5.83. The first-order valence-electron chi connectivity index (χ1n) is 5.68. The van der Waals surface area contributed by atoms with E-state index in [4.69, 9.17) is 16.3 Å². The SMILES string of the molecule is CC(C)(C)OC(=O)n1nc(CCl)c2ccccc21. The van der Waals surface area contributed by atoms with Crippen LogP contribution in [-0.2, 0) is 10.6 Å². The first kappa shape index (κ1) is 12.9. The third-order valence-electron chi connectivity index (χ3n) is 2.36. The second-order valence-corrected chi connectivity index (χ2v) is 5.26. The van der Waals surface area contributed by atoms with Crippen molar-refractivity contribution in [2.45, 2.75) is 32.3 Å². The largest absolute Gasteiger partial charge is 0.442 e. The van der Waals surface area contributed by atoms with Gasteiger partial charge in [0.1, 0.15) is 5.60 Å². The Bertz CT molecular complexity index is 584. The monoisotopic (exact) mass is 266 g/mol. The van der Waals surface area contributed by atoms with Crippen LogP contribution < -0.4 is 0 Å². The van der Waals surface area contributed by atoms with Gasteiger partial charge in [-0.2, -0.15) is 9.78 Å². The van der Waals surface area contributed by atoms with Crippen molar-refractivity contribution >= 4 is 28.6 Å². The molecule has 96 valence electrons. The molecule has 0 aliphatic rings. The third-order valence-corrected chi connectivity index (χ3v) is 2.61. The van der Waals surface area contributed by atoms with Gasteiger partial charge < -0.3 is 4.74 Å². The molecule has 18 heavy (non-hydrogen) atoms. The lowest BCUT2D eigenvalue weighted by atomic mass is 10.2. The minimum atomic E-state index is -0.550. The van der Waals surface area contributed by atoms with Crippen molar-refractivity contribution in [2.75, 3.05) is 0 Å². The summed E-state index contributed by atoms with van der Waals surface area (Å²) in [5, 5.41) is 5.08. The number of halogens is 1. The number of aromatic nitrogens is 2. The normalized spacial score (nSPS) is 11.8. The van der Waals surface area contributed by atoms with Gasteiger partial charge in [-0.1, -0.05) is 18.2 Å². The standard InChI is InChI=1S/C13H15ClN2O2/c1-13(2,3)18-12(17)16-11-7-5-4-6-9(11)10(8-14)15-16/h4-7H,8H2,1-3H3. The van der Waals surface area contributed by atoms with E-state index >= 15 is 0 Å². The number of nitrogens with zero attached hydrogens (tertiary/aromatic N) is 2. The molecule has 2 aromatic rings. The van der Waals surface area contributed by atoms with Crippen molar-refractivity contribution in [2.24, 2.45) is 0 Å². The molecule has 5 heteroatoms. The van der Waals surface area contributed by atoms with E-state index in [1.54, 1.807) is 0 Å². The minimum absolute atomic E-state index is 0.260. The molecular weight excluding hydrogens is 252 g/mol. The highest BCUT2D eigenvalue weighted by molar-refractivity contribution is 6.17. The molecule has 4 nitrogen and oxygen atoms in total. The van der Waals surface area contributed by atoms with Gasteiger partial charge in [-0.15, -0.1) is 11.6 Å². The van der Waals surface area contributed by atoms with Gasteiger partial charge in [-0.05, 0) is 26.8 Å². The fourth-order valence-corrected chi connectivity index (χ4v) is 1.87. The Morgan fingerprint density at radius 2 is 2.06 bits per heavy atom. The van der Waals surface area contributed by atoms with Crippen LogP contribution in [0.15, 0.2) is 24.3 Å². The van der Waals surface area contributed by atoms with E-state index in [2.05, 4.69) is 5.10 Å². The van der Waals surface area contributed by atoms with Crippen LogP contribution in [0.1, 0.15) is 26.5 Å². The second kappa shape index (κ2) is 4.61. The molecule has 0 radical (unpaired) electrons. The maximum atomic E-state index is 12.0. The van der Waals surface area contributed by atoms with Gasteiger partial charge in [0.25, 0.3) is 0 Å². The molecule has 0 saturated heterocycles. The van der Waals surface area contributed by atoms with Crippen molar-refractivity contribution in [3.8, 4) is 0 Å². The zero-order chi connectivity index (χ0) is 13.3. The summed E-state index contributed by atoms with van der Waals surface area (Å²) in [7, 11) is 0. The number of rotatable bonds is 1. The van der Waals surface area contributed by atoms with Crippen LogP contribution in [0.3, 0.4) is 0 Å². The molecule has 0 saturated carbocycles. The zero-order valence-corrected chi connectivity index (χ0v) is 11.4. The number of fused-ring (bicyclic) bond motifs is 1. The van der Waals surface area contributed by atoms with Crippen LogP contribution in [0.5, 0.6) is 0 Å². The summed E-state index contributed by atoms with van der Waals surface area (Å²) < 4.78 is 6.57. The van der Waals surface area contributed by atoms with Gasteiger partial charge in [-0.25, -0.2) is 4.79 Å². The average Bonchev–Trinajstić information content (AvgIpc) is 2.65. The highest BCUT2D eigenvalue weighted by atomic mass is 35.5. The zero-order valence-electron chi connectivity index (χ0n) is 10.6. The number of hydrogen-bond acceptors (Lipinski definition) is 3. The Labute approximate surface area is 110 Å². The van der Waals surface area contributed by atoms with Crippen LogP contribution in [0, 0.1) is 0 Å². The number of para-hydroxylation sites is 1. The summed E-state index contributed by atoms with van der Waals surface area (Å²) in [5.74, 6) is 0.260. The van der Waals surface area contributed by atoms with Crippen molar-refractivity contribution in [1.82, 2.24) is 9.78 Å². The predicted molar refractivity (Wildman–Crippen MR) is 70.9 cm³/mol. The Kier molecular flexibility index (Phi) is 3.30. The predicted octanol–water partition coefficient (Wildman–Crippen LogP) is 3.56. The number of benzene rings is 1. The lowest BCUT2D eigenvalue weighted by molar-refractivity contribution is 0.0522. The third kappa shape index (κ3) is 2.48. The van der Waals surface area contributed by atoms with E-state index in [1.807, 2.05) is 45.0 Å². The van der Waals surface area contributed by atoms with Crippen LogP contribution >= 0.6 is 11.6 Å². The van der Waals surface area contributed by atoms with Crippen molar-refractivity contribution in [3.05, 3.63) is 30.0 Å². The lowest BCUT2D eigenvalue weighted by Gasteiger charge is -2.19. The van der Waals surface area contributed by atoms with Gasteiger partial charge in [-0.3, -0.25) is 0 Å². The average molecular weight is 267 g/mol. The molecule has 0 amide bonds. The molecule has 0 N–H and O–H groups in total. The molecule has 0 aliphatic carbocycles. The minimum Gasteiger partial charge on any atom is -0.442 e. The number of hydrogen-bond donors (Lipinski definition) is 0. The quantitative estimate of drug-likeness (QED) is 0.742. The van der Waals surface area contributed by atoms with Gasteiger partial charge in [0, 0.05) is 5.39 Å². The van der Waals surface area contributed by atoms with Crippen LogP contribution in [0.2, 0.25) is 0 Å². The Morgan fingerprint density at radius 1 is 1.39 bits per heavy atom. The molecule has 1 aromatic carbocycles. The van der Waals surface area contributed by atoms with Gasteiger partial charge in [0.05, 0.1) is 17.1 Å². The maximum absolute atomic E-state index is 12.0. The van der Waals surface area contributed by atoms with Crippen LogP contribution in [0.25, 0.3) is 10.9 Å². The summed E-state index contributed by atoms with van der Waals surface area (Å²) in [5.41, 5.74) is 0.839. The highest BCUT2D eigenvalue weighted by Gasteiger charge is 2.21. The molecule has 0 fully saturated rings. The highest BCUT2D eigenvalue weighted by Crippen LogP contribution is 2.21. The molecule has 0 atom stereocenters. The summed E-state index contributed by atoms with van der Waals surface area (Å²) in [6.45, 7) is 5.46. The number of carbonyl (C=O) groups excluding carboxylic acids is 1. The smallest absolute Gasteiger partial charge is 0.435 e. The Morgan fingerprint density at radius 3 is 2.67 bits per heavy atom. The molecule has 0 aliphatic heterocycles. The van der Waals surface area contributed by atoms with Crippen LogP contribution in [-0.4, -0.2) is 21.5 Å².